The SMILES string of the molecule is CCC[Si]1(C)OC(C)C(F)C(F)C1F. The predicted molar refractivity (Wildman–Crippen MR) is 52.0 cm³/mol. The lowest BCUT2D eigenvalue weighted by molar-refractivity contribution is -0.0137. The second kappa shape index (κ2) is 4.22. The Bertz CT molecular complexity index is 204. The minimum Gasteiger partial charge on any atom is -0.408 e. The molecule has 1 aliphatic rings. The first-order chi connectivity index (χ1) is 6.42. The standard InChI is InChI=1S/C9H17F3OSi/c1-4-5-14(3)9(12)8(11)7(10)6(2)13-14/h6-9H,4-5H2,1-3H3. The van der Waals surface area contributed by atoms with Crippen LogP contribution in [0, 0.1) is 0 Å². The van der Waals surface area contributed by atoms with Crippen molar-refractivity contribution in [3.63, 3.8) is 0 Å². The van der Waals surface area contributed by atoms with E-state index in [-0.39, 0.29) is 0 Å². The van der Waals surface area contributed by atoms with Gasteiger partial charge in [-0.2, -0.15) is 0 Å². The Kier molecular flexibility index (Phi) is 3.63. The summed E-state index contributed by atoms with van der Waals surface area (Å²) in [5, 5.41) is 0. The molecule has 1 aliphatic heterocycles. The van der Waals surface area contributed by atoms with Gasteiger partial charge < -0.3 is 4.43 Å². The highest BCUT2D eigenvalue weighted by molar-refractivity contribution is 6.74. The van der Waals surface area contributed by atoms with Gasteiger partial charge in [0.15, 0.2) is 18.1 Å². The molecule has 0 aromatic heterocycles. The fourth-order valence-electron chi connectivity index (χ4n) is 2.01. The third kappa shape index (κ3) is 1.98. The summed E-state index contributed by atoms with van der Waals surface area (Å²) >= 11 is 0. The molecule has 1 rings (SSSR count). The molecule has 0 radical (unpaired) electrons. The third-order valence-corrected chi connectivity index (χ3v) is 6.71. The van der Waals surface area contributed by atoms with Crippen LogP contribution in [0.3, 0.4) is 0 Å². The first-order valence-corrected chi connectivity index (χ1v) is 7.71. The summed E-state index contributed by atoms with van der Waals surface area (Å²) in [5.74, 6) is -1.73. The zero-order chi connectivity index (χ0) is 10.9. The molecule has 84 valence electrons. The molecule has 0 aromatic rings. The van der Waals surface area contributed by atoms with Crippen molar-refractivity contribution in [2.45, 2.75) is 57.1 Å². The van der Waals surface area contributed by atoms with Gasteiger partial charge in [-0.15, -0.1) is 0 Å². The Morgan fingerprint density at radius 3 is 2.29 bits per heavy atom. The van der Waals surface area contributed by atoms with Crippen molar-refractivity contribution >= 4 is 8.32 Å². The van der Waals surface area contributed by atoms with Gasteiger partial charge in [0.2, 0.25) is 8.32 Å². The van der Waals surface area contributed by atoms with E-state index in [2.05, 4.69) is 0 Å². The van der Waals surface area contributed by atoms with E-state index < -0.39 is 32.6 Å². The number of hydrogen-bond donors (Lipinski definition) is 0. The smallest absolute Gasteiger partial charge is 0.228 e. The Hall–Kier alpha value is -0.0331. The molecule has 0 bridgehead atoms. The molecular weight excluding hydrogens is 209 g/mol. The third-order valence-electron chi connectivity index (χ3n) is 2.82. The van der Waals surface area contributed by atoms with Gasteiger partial charge in [0.1, 0.15) is 0 Å². The van der Waals surface area contributed by atoms with E-state index in [9.17, 15) is 13.2 Å². The van der Waals surface area contributed by atoms with Crippen LogP contribution in [0.2, 0.25) is 12.6 Å². The molecule has 1 nitrogen and oxygen atoms in total. The van der Waals surface area contributed by atoms with Gasteiger partial charge in [-0.05, 0) is 19.5 Å². The van der Waals surface area contributed by atoms with E-state index in [0.717, 1.165) is 6.42 Å². The van der Waals surface area contributed by atoms with Gasteiger partial charge in [-0.1, -0.05) is 13.3 Å². The quantitative estimate of drug-likeness (QED) is 0.658. The average molecular weight is 226 g/mol. The molecule has 0 amide bonds. The largest absolute Gasteiger partial charge is 0.408 e. The van der Waals surface area contributed by atoms with Gasteiger partial charge in [0, 0.05) is 0 Å². The van der Waals surface area contributed by atoms with E-state index in [1.54, 1.807) is 6.55 Å². The number of halogens is 3. The molecule has 5 atom stereocenters. The Morgan fingerprint density at radius 1 is 1.21 bits per heavy atom. The summed E-state index contributed by atoms with van der Waals surface area (Å²) in [5.41, 5.74) is 0. The van der Waals surface area contributed by atoms with E-state index in [0.29, 0.717) is 6.04 Å². The zero-order valence-electron chi connectivity index (χ0n) is 8.77. The molecule has 5 heteroatoms. The molecule has 14 heavy (non-hydrogen) atoms. The number of alkyl halides is 3. The molecule has 0 aromatic carbocycles. The van der Waals surface area contributed by atoms with Crippen LogP contribution in [-0.2, 0) is 4.43 Å². The molecule has 1 fully saturated rings. The molecule has 0 N–H and O–H groups in total. The summed E-state index contributed by atoms with van der Waals surface area (Å²) in [6.07, 6.45) is -3.87. The predicted octanol–water partition coefficient (Wildman–Crippen LogP) is 2.94. The lowest BCUT2D eigenvalue weighted by Gasteiger charge is -2.41. The highest BCUT2D eigenvalue weighted by atomic mass is 28.4. The van der Waals surface area contributed by atoms with Gasteiger partial charge in [0.25, 0.3) is 0 Å². The molecule has 5 unspecified atom stereocenters. The summed E-state index contributed by atoms with van der Waals surface area (Å²) in [7, 11) is -2.69. The van der Waals surface area contributed by atoms with Crippen molar-refractivity contribution in [3.8, 4) is 0 Å². The molecule has 1 saturated heterocycles. The molecular formula is C9H17F3OSi. The summed E-state index contributed by atoms with van der Waals surface area (Å²) in [6.45, 7) is 5.02. The fraction of sp³-hybridized carbons (Fsp3) is 1.00. The maximum atomic E-state index is 13.6. The van der Waals surface area contributed by atoms with E-state index in [4.69, 9.17) is 4.43 Å². The summed E-state index contributed by atoms with van der Waals surface area (Å²) in [4.78, 5) is 0. The van der Waals surface area contributed by atoms with E-state index in [1.807, 2.05) is 6.92 Å². The first kappa shape index (κ1) is 12.0. The summed E-state index contributed by atoms with van der Waals surface area (Å²) < 4.78 is 45.2. The highest BCUT2D eigenvalue weighted by Gasteiger charge is 2.53. The Morgan fingerprint density at radius 2 is 1.79 bits per heavy atom. The van der Waals surface area contributed by atoms with Crippen molar-refractivity contribution in [2.24, 2.45) is 0 Å². The van der Waals surface area contributed by atoms with Crippen molar-refractivity contribution in [1.82, 2.24) is 0 Å². The van der Waals surface area contributed by atoms with Crippen LogP contribution < -0.4 is 0 Å². The van der Waals surface area contributed by atoms with Gasteiger partial charge in [-0.3, -0.25) is 0 Å². The fourth-order valence-corrected chi connectivity index (χ4v) is 5.36. The van der Waals surface area contributed by atoms with Gasteiger partial charge in [-0.25, -0.2) is 13.2 Å². The number of hydrogen-bond acceptors (Lipinski definition) is 1. The Balaban J connectivity index is 2.79. The van der Waals surface area contributed by atoms with Gasteiger partial charge in [0.05, 0.1) is 6.10 Å². The topological polar surface area (TPSA) is 9.23 Å². The molecule has 0 spiro atoms. The maximum absolute atomic E-state index is 13.6. The molecule has 0 aliphatic carbocycles. The normalized spacial score (nSPS) is 49.3. The van der Waals surface area contributed by atoms with Crippen LogP contribution in [0.4, 0.5) is 13.2 Å². The van der Waals surface area contributed by atoms with Crippen LogP contribution >= 0.6 is 0 Å². The van der Waals surface area contributed by atoms with Crippen molar-refractivity contribution in [2.75, 3.05) is 0 Å². The summed E-state index contributed by atoms with van der Waals surface area (Å²) in [6, 6.07) is 0.547. The van der Waals surface area contributed by atoms with Crippen LogP contribution in [0.5, 0.6) is 0 Å². The molecule has 1 heterocycles. The van der Waals surface area contributed by atoms with E-state index in [1.165, 1.54) is 6.92 Å². The Labute approximate surface area is 83.8 Å². The van der Waals surface area contributed by atoms with Crippen molar-refractivity contribution in [1.29, 1.82) is 0 Å². The first-order valence-electron chi connectivity index (χ1n) is 5.02. The second-order valence-corrected chi connectivity index (χ2v) is 8.09. The van der Waals surface area contributed by atoms with Crippen LogP contribution in [0.25, 0.3) is 0 Å². The minimum absolute atomic E-state index is 0.547. The lowest BCUT2D eigenvalue weighted by Crippen LogP contribution is -2.61. The number of rotatable bonds is 2. The molecule has 0 saturated carbocycles. The van der Waals surface area contributed by atoms with Gasteiger partial charge >= 0.3 is 0 Å². The van der Waals surface area contributed by atoms with E-state index >= 15 is 0 Å². The minimum atomic E-state index is -2.69. The lowest BCUT2D eigenvalue weighted by atomic mass is 10.2. The van der Waals surface area contributed by atoms with Crippen LogP contribution in [0.15, 0.2) is 0 Å². The van der Waals surface area contributed by atoms with Crippen molar-refractivity contribution in [3.05, 3.63) is 0 Å². The van der Waals surface area contributed by atoms with Crippen LogP contribution in [0.1, 0.15) is 20.3 Å². The second-order valence-electron chi connectivity index (χ2n) is 4.18. The average Bonchev–Trinajstić information content (AvgIpc) is 2.12. The maximum Gasteiger partial charge on any atom is 0.228 e. The highest BCUT2D eigenvalue weighted by Crippen LogP contribution is 2.35. The van der Waals surface area contributed by atoms with Crippen LogP contribution in [-0.4, -0.2) is 32.6 Å². The monoisotopic (exact) mass is 226 g/mol. The zero-order valence-corrected chi connectivity index (χ0v) is 9.77. The van der Waals surface area contributed by atoms with Crippen molar-refractivity contribution < 1.29 is 17.6 Å².